The number of nitrogens with one attached hydrogen (secondary N) is 2. The van der Waals surface area contributed by atoms with Gasteiger partial charge in [0.25, 0.3) is 0 Å². The number of methoxy groups -OCH3 is 1. The summed E-state index contributed by atoms with van der Waals surface area (Å²) < 4.78 is 10.5. The topological polar surface area (TPSA) is 84.6 Å². The largest absolute Gasteiger partial charge is 0.481 e. The van der Waals surface area contributed by atoms with Crippen LogP contribution in [0.1, 0.15) is 22.9 Å². The van der Waals surface area contributed by atoms with Crippen LogP contribution in [0.15, 0.2) is 27.7 Å². The third-order valence-corrected chi connectivity index (χ3v) is 3.17. The van der Waals surface area contributed by atoms with Crippen LogP contribution in [0, 0.1) is 13.8 Å². The highest BCUT2D eigenvalue weighted by atomic mass is 16.5. The molecule has 2 aromatic heterocycles. The second-order valence-electron chi connectivity index (χ2n) is 4.74. The first-order valence-electron chi connectivity index (χ1n) is 6.98. The Bertz CT molecular complexity index is 614. The molecule has 118 valence electrons. The zero-order valence-electron chi connectivity index (χ0n) is 13.3. The molecule has 0 aromatic carbocycles. The Balaban J connectivity index is 1.84. The van der Waals surface area contributed by atoms with Crippen molar-refractivity contribution in [3.05, 3.63) is 41.2 Å². The highest BCUT2D eigenvalue weighted by Crippen LogP contribution is 2.08. The van der Waals surface area contributed by atoms with Crippen molar-refractivity contribution >= 4 is 5.96 Å². The summed E-state index contributed by atoms with van der Waals surface area (Å²) in [5.74, 6) is 2.75. The minimum atomic E-state index is 0.481. The second kappa shape index (κ2) is 7.44. The number of nitrogens with zero attached hydrogens (tertiary/aromatic N) is 3. The van der Waals surface area contributed by atoms with Crippen molar-refractivity contribution in [2.75, 3.05) is 14.2 Å². The predicted octanol–water partition coefficient (Wildman–Crippen LogP) is 1.56. The molecule has 0 saturated carbocycles. The van der Waals surface area contributed by atoms with Crippen LogP contribution in [0.3, 0.4) is 0 Å². The number of ether oxygens (including phenoxy) is 1. The van der Waals surface area contributed by atoms with Crippen LogP contribution < -0.4 is 15.4 Å². The van der Waals surface area contributed by atoms with Gasteiger partial charge in [-0.3, -0.25) is 4.99 Å². The van der Waals surface area contributed by atoms with E-state index in [1.54, 1.807) is 20.4 Å². The van der Waals surface area contributed by atoms with E-state index in [1.807, 2.05) is 26.0 Å². The number of hydrogen-bond acceptors (Lipinski definition) is 5. The molecular weight excluding hydrogens is 282 g/mol. The Kier molecular flexibility index (Phi) is 5.35. The standard InChI is InChI=1S/C15H21N5O2/c1-10-11(2)22-14(20-10)9-19-15(16-3)18-8-12-5-6-13(21-4)17-7-12/h5-7H,8-9H2,1-4H3,(H2,16,18,19). The van der Waals surface area contributed by atoms with E-state index in [9.17, 15) is 0 Å². The molecular formula is C15H21N5O2. The summed E-state index contributed by atoms with van der Waals surface area (Å²) in [4.78, 5) is 12.6. The minimum absolute atomic E-state index is 0.481. The van der Waals surface area contributed by atoms with Crippen LogP contribution in [0.5, 0.6) is 5.88 Å². The van der Waals surface area contributed by atoms with Gasteiger partial charge in [-0.2, -0.15) is 0 Å². The first-order chi connectivity index (χ1) is 10.6. The molecule has 2 rings (SSSR count). The van der Waals surface area contributed by atoms with Crippen molar-refractivity contribution < 1.29 is 9.15 Å². The van der Waals surface area contributed by atoms with Gasteiger partial charge in [0.05, 0.1) is 19.3 Å². The Morgan fingerprint density at radius 2 is 2.05 bits per heavy atom. The lowest BCUT2D eigenvalue weighted by Crippen LogP contribution is -2.36. The zero-order chi connectivity index (χ0) is 15.9. The molecule has 0 spiro atoms. The molecule has 0 bridgehead atoms. The molecule has 0 radical (unpaired) electrons. The number of aliphatic imine (C=N–C) groups is 1. The summed E-state index contributed by atoms with van der Waals surface area (Å²) in [6.07, 6.45) is 1.76. The number of aromatic nitrogens is 2. The Labute approximate surface area is 129 Å². The van der Waals surface area contributed by atoms with Gasteiger partial charge in [0.2, 0.25) is 11.8 Å². The van der Waals surface area contributed by atoms with E-state index in [2.05, 4.69) is 25.6 Å². The Hall–Kier alpha value is -2.57. The number of hydrogen-bond donors (Lipinski definition) is 2. The number of guanidine groups is 1. The molecule has 0 fully saturated rings. The van der Waals surface area contributed by atoms with Crippen LogP contribution in [0.2, 0.25) is 0 Å². The third kappa shape index (κ3) is 4.21. The highest BCUT2D eigenvalue weighted by Gasteiger charge is 2.06. The first kappa shape index (κ1) is 15.8. The van der Waals surface area contributed by atoms with E-state index in [-0.39, 0.29) is 0 Å². The lowest BCUT2D eigenvalue weighted by atomic mass is 10.3. The van der Waals surface area contributed by atoms with Gasteiger partial charge in [0, 0.05) is 25.9 Å². The monoisotopic (exact) mass is 303 g/mol. The maximum atomic E-state index is 5.52. The van der Waals surface area contributed by atoms with Gasteiger partial charge in [0.1, 0.15) is 5.76 Å². The summed E-state index contributed by atoms with van der Waals surface area (Å²) in [7, 11) is 3.31. The fourth-order valence-electron chi connectivity index (χ4n) is 1.82. The maximum Gasteiger partial charge on any atom is 0.214 e. The third-order valence-electron chi connectivity index (χ3n) is 3.17. The zero-order valence-corrected chi connectivity index (χ0v) is 13.3. The van der Waals surface area contributed by atoms with E-state index in [0.717, 1.165) is 17.0 Å². The molecule has 0 saturated heterocycles. The van der Waals surface area contributed by atoms with E-state index >= 15 is 0 Å². The summed E-state index contributed by atoms with van der Waals surface area (Å²) in [6.45, 7) is 4.91. The van der Waals surface area contributed by atoms with Crippen molar-refractivity contribution in [3.8, 4) is 5.88 Å². The van der Waals surface area contributed by atoms with Gasteiger partial charge >= 0.3 is 0 Å². The molecule has 2 N–H and O–H groups in total. The fourth-order valence-corrected chi connectivity index (χ4v) is 1.82. The van der Waals surface area contributed by atoms with Gasteiger partial charge in [-0.25, -0.2) is 9.97 Å². The lowest BCUT2D eigenvalue weighted by Gasteiger charge is -2.10. The lowest BCUT2D eigenvalue weighted by molar-refractivity contribution is 0.397. The van der Waals surface area contributed by atoms with Gasteiger partial charge in [-0.15, -0.1) is 0 Å². The SMILES string of the molecule is CN=C(NCc1ccc(OC)nc1)NCc1nc(C)c(C)o1. The maximum absolute atomic E-state index is 5.52. The molecule has 7 heteroatoms. The second-order valence-corrected chi connectivity index (χ2v) is 4.74. The highest BCUT2D eigenvalue weighted by molar-refractivity contribution is 5.79. The molecule has 2 aromatic rings. The fraction of sp³-hybridized carbons (Fsp3) is 0.400. The van der Waals surface area contributed by atoms with Gasteiger partial charge in [-0.05, 0) is 19.4 Å². The quantitative estimate of drug-likeness (QED) is 0.644. The van der Waals surface area contributed by atoms with Crippen molar-refractivity contribution in [2.45, 2.75) is 26.9 Å². The van der Waals surface area contributed by atoms with Crippen LogP contribution in [0.25, 0.3) is 0 Å². The normalized spacial score (nSPS) is 11.4. The van der Waals surface area contributed by atoms with Crippen LogP contribution in [-0.4, -0.2) is 30.1 Å². The average Bonchev–Trinajstić information content (AvgIpc) is 2.86. The number of oxazole rings is 1. The molecule has 0 unspecified atom stereocenters. The molecule has 0 amide bonds. The molecule has 0 aliphatic rings. The Morgan fingerprint density at radius 3 is 2.59 bits per heavy atom. The summed E-state index contributed by atoms with van der Waals surface area (Å²) in [5.41, 5.74) is 1.94. The molecule has 22 heavy (non-hydrogen) atoms. The van der Waals surface area contributed by atoms with E-state index in [4.69, 9.17) is 9.15 Å². The summed E-state index contributed by atoms with van der Waals surface area (Å²) in [5, 5.41) is 6.36. The van der Waals surface area contributed by atoms with Crippen molar-refractivity contribution in [1.82, 2.24) is 20.6 Å². The van der Waals surface area contributed by atoms with Crippen LogP contribution in [0.4, 0.5) is 0 Å². The number of rotatable bonds is 5. The number of aryl methyl sites for hydroxylation is 2. The van der Waals surface area contributed by atoms with Crippen LogP contribution in [-0.2, 0) is 13.1 Å². The molecule has 0 atom stereocenters. The molecule has 7 nitrogen and oxygen atoms in total. The van der Waals surface area contributed by atoms with Gasteiger partial charge in [0.15, 0.2) is 5.96 Å². The van der Waals surface area contributed by atoms with Crippen molar-refractivity contribution in [3.63, 3.8) is 0 Å². The molecule has 0 aliphatic carbocycles. The number of pyridine rings is 1. The van der Waals surface area contributed by atoms with E-state index in [1.165, 1.54) is 0 Å². The van der Waals surface area contributed by atoms with E-state index in [0.29, 0.717) is 30.8 Å². The van der Waals surface area contributed by atoms with Crippen molar-refractivity contribution in [2.24, 2.45) is 4.99 Å². The minimum Gasteiger partial charge on any atom is -0.481 e. The van der Waals surface area contributed by atoms with Crippen molar-refractivity contribution in [1.29, 1.82) is 0 Å². The first-order valence-corrected chi connectivity index (χ1v) is 6.98. The summed E-state index contributed by atoms with van der Waals surface area (Å²) in [6, 6.07) is 3.78. The summed E-state index contributed by atoms with van der Waals surface area (Å²) >= 11 is 0. The predicted molar refractivity (Wildman–Crippen MR) is 83.8 cm³/mol. The van der Waals surface area contributed by atoms with Crippen LogP contribution >= 0.6 is 0 Å². The average molecular weight is 303 g/mol. The molecule has 0 aliphatic heterocycles. The smallest absolute Gasteiger partial charge is 0.214 e. The van der Waals surface area contributed by atoms with E-state index < -0.39 is 0 Å². The van der Waals surface area contributed by atoms with Gasteiger partial charge in [-0.1, -0.05) is 6.07 Å². The molecule has 2 heterocycles. The Morgan fingerprint density at radius 1 is 1.27 bits per heavy atom. The van der Waals surface area contributed by atoms with Gasteiger partial charge < -0.3 is 19.8 Å².